The Bertz CT molecular complexity index is 2850. The number of halogens is 4. The molecule has 0 radical (unpaired) electrons. The second-order valence-corrected chi connectivity index (χ2v) is 16.8. The van der Waals surface area contributed by atoms with Crippen molar-refractivity contribution in [2.45, 2.75) is 26.8 Å². The Morgan fingerprint density at radius 2 is 1.02 bits per heavy atom. The van der Waals surface area contributed by atoms with Crippen molar-refractivity contribution < 1.29 is 9.59 Å². The van der Waals surface area contributed by atoms with Gasteiger partial charge in [-0.3, -0.25) is 9.59 Å². The van der Waals surface area contributed by atoms with Crippen LogP contribution in [0.3, 0.4) is 0 Å². The molecule has 0 unspecified atom stereocenters. The summed E-state index contributed by atoms with van der Waals surface area (Å²) >= 11 is 27.1. The third kappa shape index (κ3) is 9.44. The fourth-order valence-electron chi connectivity index (χ4n) is 6.17. The number of benzene rings is 4. The Hall–Kier alpha value is -5.34. The molecular formula is C43H34Cl4N8O2S2. The fraction of sp³-hybridized carbons (Fsp3) is 0.116. The Morgan fingerprint density at radius 1 is 0.576 bits per heavy atom. The number of fused-ring (bicyclic) bond motifs is 2. The highest BCUT2D eigenvalue weighted by atomic mass is 35.5. The number of aromatic nitrogens is 4. The topological polar surface area (TPSA) is 162 Å². The van der Waals surface area contributed by atoms with Crippen molar-refractivity contribution in [1.82, 2.24) is 19.9 Å². The zero-order chi connectivity index (χ0) is 41.8. The molecule has 4 heterocycles. The fourth-order valence-corrected chi connectivity index (χ4v) is 8.75. The van der Waals surface area contributed by atoms with Crippen LogP contribution in [0.4, 0.5) is 23.3 Å². The molecule has 0 fully saturated rings. The highest BCUT2D eigenvalue weighted by molar-refractivity contribution is 7.21. The number of thiophene rings is 2. The van der Waals surface area contributed by atoms with Crippen molar-refractivity contribution in [2.24, 2.45) is 0 Å². The Morgan fingerprint density at radius 3 is 1.46 bits per heavy atom. The quantitative estimate of drug-likeness (QED) is 0.0919. The lowest BCUT2D eigenvalue weighted by Gasteiger charge is -2.10. The van der Waals surface area contributed by atoms with Crippen molar-refractivity contribution in [3.05, 3.63) is 138 Å². The first-order valence-corrected chi connectivity index (χ1v) is 21.2. The lowest BCUT2D eigenvalue weighted by molar-refractivity contribution is 0.101. The van der Waals surface area contributed by atoms with Crippen LogP contribution in [0.25, 0.3) is 42.9 Å². The second kappa shape index (κ2) is 18.3. The van der Waals surface area contributed by atoms with Crippen LogP contribution in [0.2, 0.25) is 20.1 Å². The SMILES string of the molecule is CC(=O)c1sc2nc(NCCc3ccccc3)nc(-c3ccc(Cl)c(Cl)c3)c2c1N.CC(=O)c1sc2nc(NCc3ccccc3)nc(-c3ccc(Cl)c(Cl)c3)c2c1N. The molecule has 0 spiro atoms. The maximum Gasteiger partial charge on any atom is 0.224 e. The molecule has 0 atom stereocenters. The molecule has 0 aliphatic carbocycles. The normalized spacial score (nSPS) is 11.0. The summed E-state index contributed by atoms with van der Waals surface area (Å²) in [5.74, 6) is 0.702. The van der Waals surface area contributed by atoms with Gasteiger partial charge < -0.3 is 22.1 Å². The Kier molecular flexibility index (Phi) is 13.0. The largest absolute Gasteiger partial charge is 0.397 e. The van der Waals surface area contributed by atoms with Gasteiger partial charge in [0.05, 0.1) is 63.4 Å². The van der Waals surface area contributed by atoms with Gasteiger partial charge in [-0.15, -0.1) is 22.7 Å². The maximum atomic E-state index is 12.0. The molecule has 4 aromatic heterocycles. The molecule has 8 aromatic rings. The van der Waals surface area contributed by atoms with Crippen LogP contribution >= 0.6 is 69.1 Å². The number of carbonyl (C=O) groups is 2. The van der Waals surface area contributed by atoms with Gasteiger partial charge in [-0.2, -0.15) is 0 Å². The minimum Gasteiger partial charge on any atom is -0.397 e. The molecular weight excluding hydrogens is 866 g/mol. The van der Waals surface area contributed by atoms with E-state index in [4.69, 9.17) is 62.9 Å². The monoisotopic (exact) mass is 898 g/mol. The minimum absolute atomic E-state index is 0.103. The number of ketones is 2. The zero-order valence-corrected chi connectivity index (χ0v) is 36.1. The number of rotatable bonds is 11. The van der Waals surface area contributed by atoms with E-state index in [1.54, 1.807) is 24.3 Å². The highest BCUT2D eigenvalue weighted by Gasteiger charge is 2.22. The number of carbonyl (C=O) groups excluding carboxylic acids is 2. The van der Waals surface area contributed by atoms with Crippen LogP contribution in [0.15, 0.2) is 97.1 Å². The lowest BCUT2D eigenvalue weighted by atomic mass is 10.1. The third-order valence-corrected chi connectivity index (χ3v) is 12.9. The summed E-state index contributed by atoms with van der Waals surface area (Å²) in [6.45, 7) is 4.21. The molecule has 10 nitrogen and oxygen atoms in total. The molecule has 0 bridgehead atoms. The van der Waals surface area contributed by atoms with E-state index in [-0.39, 0.29) is 11.6 Å². The van der Waals surface area contributed by atoms with E-state index in [9.17, 15) is 9.59 Å². The van der Waals surface area contributed by atoms with Crippen molar-refractivity contribution in [2.75, 3.05) is 28.6 Å². The number of hydrogen-bond donors (Lipinski definition) is 4. The molecule has 4 aromatic carbocycles. The molecule has 0 aliphatic rings. The van der Waals surface area contributed by atoms with Gasteiger partial charge in [0.2, 0.25) is 11.9 Å². The minimum atomic E-state index is -0.107. The highest BCUT2D eigenvalue weighted by Crippen LogP contribution is 2.42. The molecule has 0 amide bonds. The number of nitrogen functional groups attached to an aromatic ring is 2. The second-order valence-electron chi connectivity index (χ2n) is 13.2. The average Bonchev–Trinajstić information content (AvgIpc) is 3.75. The van der Waals surface area contributed by atoms with Crippen LogP contribution in [0, 0.1) is 0 Å². The van der Waals surface area contributed by atoms with Gasteiger partial charge in [-0.25, -0.2) is 19.9 Å². The number of anilines is 4. The van der Waals surface area contributed by atoms with Gasteiger partial charge in [0.15, 0.2) is 11.6 Å². The van der Waals surface area contributed by atoms with E-state index in [2.05, 4.69) is 37.7 Å². The van der Waals surface area contributed by atoms with E-state index in [1.807, 2.05) is 60.7 Å². The molecule has 298 valence electrons. The molecule has 0 saturated carbocycles. The van der Waals surface area contributed by atoms with Crippen LogP contribution in [0.5, 0.6) is 0 Å². The van der Waals surface area contributed by atoms with Gasteiger partial charge in [0, 0.05) is 38.1 Å². The first kappa shape index (κ1) is 41.8. The van der Waals surface area contributed by atoms with E-state index in [0.29, 0.717) is 98.0 Å². The molecule has 16 heteroatoms. The average molecular weight is 901 g/mol. The van der Waals surface area contributed by atoms with E-state index in [1.165, 1.54) is 42.1 Å². The number of nitrogens with one attached hydrogen (secondary N) is 2. The van der Waals surface area contributed by atoms with Gasteiger partial charge in [0.25, 0.3) is 0 Å². The van der Waals surface area contributed by atoms with E-state index >= 15 is 0 Å². The first-order chi connectivity index (χ1) is 28.4. The molecule has 0 saturated heterocycles. The smallest absolute Gasteiger partial charge is 0.224 e. The molecule has 8 rings (SSSR count). The number of nitrogens with zero attached hydrogens (tertiary/aromatic N) is 4. The van der Waals surface area contributed by atoms with Crippen LogP contribution < -0.4 is 22.1 Å². The van der Waals surface area contributed by atoms with Crippen molar-refractivity contribution in [3.8, 4) is 22.5 Å². The van der Waals surface area contributed by atoms with Crippen LogP contribution in [0.1, 0.15) is 44.3 Å². The van der Waals surface area contributed by atoms with E-state index in [0.717, 1.165) is 23.1 Å². The Balaban J connectivity index is 0.000000179. The van der Waals surface area contributed by atoms with Gasteiger partial charge in [-0.1, -0.05) is 119 Å². The first-order valence-electron chi connectivity index (χ1n) is 18.1. The summed E-state index contributed by atoms with van der Waals surface area (Å²) in [5.41, 5.74) is 18.4. The third-order valence-electron chi connectivity index (χ3n) is 9.04. The standard InChI is InChI=1S/C22H18Cl2N4OS.C21H16Cl2N4OS/c1-12(29)20-18(25)17-19(14-7-8-15(23)16(24)11-14)27-22(28-21(17)30-20)26-10-9-13-5-3-2-4-6-13;1-11(28)19-17(24)16-18(13-7-8-14(22)15(23)9-13)26-21(27-20(16)29-19)25-10-12-5-3-2-4-6-12/h2-8,11H,9-10,25H2,1H3,(H,26,27,28);2-9H,10,24H2,1H3,(H,25,26,27). The lowest BCUT2D eigenvalue weighted by Crippen LogP contribution is -2.08. The van der Waals surface area contributed by atoms with Gasteiger partial charge in [-0.05, 0) is 41.8 Å². The van der Waals surface area contributed by atoms with Crippen LogP contribution in [-0.4, -0.2) is 38.0 Å². The zero-order valence-electron chi connectivity index (χ0n) is 31.4. The maximum absolute atomic E-state index is 12.0. The predicted molar refractivity (Wildman–Crippen MR) is 247 cm³/mol. The van der Waals surface area contributed by atoms with Gasteiger partial charge >= 0.3 is 0 Å². The summed E-state index contributed by atoms with van der Waals surface area (Å²) < 4.78 is 0. The molecule has 6 N–H and O–H groups in total. The Labute approximate surface area is 367 Å². The predicted octanol–water partition coefficient (Wildman–Crippen LogP) is 12.2. The van der Waals surface area contributed by atoms with Crippen LogP contribution in [-0.2, 0) is 13.0 Å². The van der Waals surface area contributed by atoms with Crippen molar-refractivity contribution in [1.29, 1.82) is 0 Å². The summed E-state index contributed by atoms with van der Waals surface area (Å²) in [4.78, 5) is 44.8. The summed E-state index contributed by atoms with van der Waals surface area (Å²) in [6.07, 6.45) is 0.829. The molecule has 0 aliphatic heterocycles. The number of Topliss-reactive ketones (excluding diaryl/α,β-unsaturated/α-hetero) is 2. The summed E-state index contributed by atoms with van der Waals surface area (Å²) in [7, 11) is 0. The number of hydrogen-bond acceptors (Lipinski definition) is 12. The number of nitrogens with two attached hydrogens (primary N) is 2. The van der Waals surface area contributed by atoms with Gasteiger partial charge in [0.1, 0.15) is 9.66 Å². The van der Waals surface area contributed by atoms with Crippen molar-refractivity contribution >= 4 is 124 Å². The van der Waals surface area contributed by atoms with Crippen molar-refractivity contribution in [3.63, 3.8) is 0 Å². The van der Waals surface area contributed by atoms with E-state index < -0.39 is 0 Å². The summed E-state index contributed by atoms with van der Waals surface area (Å²) in [6, 6.07) is 30.7. The summed E-state index contributed by atoms with van der Waals surface area (Å²) in [5, 5.41) is 9.55. The molecule has 59 heavy (non-hydrogen) atoms.